The average molecular weight is 556 g/mol. The first-order chi connectivity index (χ1) is 19.8. The second-order valence-corrected chi connectivity index (χ2v) is 11.2. The average Bonchev–Trinajstić information content (AvgIpc) is 3.45. The van der Waals surface area contributed by atoms with Crippen LogP contribution < -0.4 is 15.6 Å². The summed E-state index contributed by atoms with van der Waals surface area (Å²) in [5, 5.41) is 14.8. The van der Waals surface area contributed by atoms with Crippen molar-refractivity contribution in [2.24, 2.45) is 0 Å². The summed E-state index contributed by atoms with van der Waals surface area (Å²) in [4.78, 5) is 29.8. The van der Waals surface area contributed by atoms with Crippen LogP contribution in [-0.2, 0) is 18.6 Å². The molecule has 3 aromatic heterocycles. The molecule has 10 nitrogen and oxygen atoms in total. The lowest BCUT2D eigenvalue weighted by molar-refractivity contribution is 0.0306. The predicted molar refractivity (Wildman–Crippen MR) is 159 cm³/mol. The first-order valence-electron chi connectivity index (χ1n) is 14.3. The number of nitrogens with zero attached hydrogens (tertiary/aromatic N) is 6. The van der Waals surface area contributed by atoms with Crippen LogP contribution in [0.5, 0.6) is 5.75 Å². The molecule has 0 bridgehead atoms. The minimum absolute atomic E-state index is 0.229. The largest absolute Gasteiger partial charge is 0.490 e. The molecule has 1 fully saturated rings. The van der Waals surface area contributed by atoms with Crippen LogP contribution in [-0.4, -0.2) is 60.6 Å². The van der Waals surface area contributed by atoms with Crippen LogP contribution in [0.3, 0.4) is 0 Å². The Labute approximate surface area is 239 Å². The molecule has 0 radical (unpaired) electrons. The van der Waals surface area contributed by atoms with Crippen molar-refractivity contribution in [3.8, 4) is 11.6 Å². The summed E-state index contributed by atoms with van der Waals surface area (Å²) in [7, 11) is 2.14. The molecule has 2 aliphatic rings. The number of aryl methyl sites for hydroxylation is 2. The van der Waals surface area contributed by atoms with E-state index >= 15 is 0 Å². The van der Waals surface area contributed by atoms with E-state index in [1.54, 1.807) is 21.6 Å². The maximum absolute atomic E-state index is 13.4. The Morgan fingerprint density at radius 2 is 2.02 bits per heavy atom. The van der Waals surface area contributed by atoms with Crippen LogP contribution in [0.2, 0.25) is 0 Å². The van der Waals surface area contributed by atoms with Crippen molar-refractivity contribution >= 4 is 22.7 Å². The number of ether oxygens (including phenoxy) is 1. The third kappa shape index (κ3) is 5.02. The lowest BCUT2D eigenvalue weighted by atomic mass is 9.98. The SMILES string of the molecule is C=CCn1c(=O)c2cnc(Nc3ccc(OC4CCN(C)CC4)c(C)c3)nc2n1-c1ccc2c(n1)[C@@](O)(CC)CC2. The van der Waals surface area contributed by atoms with E-state index in [1.165, 1.54) is 0 Å². The molecule has 4 aromatic rings. The van der Waals surface area contributed by atoms with E-state index in [4.69, 9.17) is 14.7 Å². The fourth-order valence-electron chi connectivity index (χ4n) is 5.88. The van der Waals surface area contributed by atoms with Gasteiger partial charge in [-0.3, -0.25) is 4.79 Å². The fourth-order valence-corrected chi connectivity index (χ4v) is 5.88. The second kappa shape index (κ2) is 10.8. The molecule has 41 heavy (non-hydrogen) atoms. The van der Waals surface area contributed by atoms with Crippen LogP contribution in [0, 0.1) is 6.92 Å². The number of rotatable bonds is 8. The van der Waals surface area contributed by atoms with Crippen LogP contribution in [0.1, 0.15) is 49.4 Å². The van der Waals surface area contributed by atoms with Crippen molar-refractivity contribution in [2.75, 3.05) is 25.5 Å². The Morgan fingerprint density at radius 3 is 2.76 bits per heavy atom. The van der Waals surface area contributed by atoms with E-state index in [2.05, 4.69) is 28.8 Å². The van der Waals surface area contributed by atoms with Crippen molar-refractivity contribution in [2.45, 2.75) is 64.2 Å². The van der Waals surface area contributed by atoms with Crippen molar-refractivity contribution in [1.29, 1.82) is 0 Å². The summed E-state index contributed by atoms with van der Waals surface area (Å²) >= 11 is 0. The lowest BCUT2D eigenvalue weighted by Crippen LogP contribution is -2.35. The van der Waals surface area contributed by atoms with E-state index in [1.807, 2.05) is 44.2 Å². The predicted octanol–water partition coefficient (Wildman–Crippen LogP) is 4.23. The Kier molecular flexibility index (Phi) is 7.13. The molecule has 214 valence electrons. The maximum atomic E-state index is 13.4. The van der Waals surface area contributed by atoms with Crippen LogP contribution in [0.4, 0.5) is 11.6 Å². The molecule has 4 heterocycles. The second-order valence-electron chi connectivity index (χ2n) is 11.2. The van der Waals surface area contributed by atoms with Crippen molar-refractivity contribution in [3.63, 3.8) is 0 Å². The number of hydrogen-bond donors (Lipinski definition) is 2. The molecular formula is C31H37N7O3. The summed E-state index contributed by atoms with van der Waals surface area (Å²) in [6, 6.07) is 9.81. The molecule has 1 aliphatic heterocycles. The van der Waals surface area contributed by atoms with Gasteiger partial charge in [0.05, 0.1) is 12.2 Å². The fraction of sp³-hybridized carbons (Fsp3) is 0.419. The minimum Gasteiger partial charge on any atom is -0.490 e. The molecule has 0 amide bonds. The number of benzene rings is 1. The Balaban J connectivity index is 1.33. The van der Waals surface area contributed by atoms with Gasteiger partial charge in [-0.05, 0) is 81.5 Å². The Bertz CT molecular complexity index is 1670. The van der Waals surface area contributed by atoms with Crippen LogP contribution >= 0.6 is 0 Å². The van der Waals surface area contributed by atoms with E-state index in [9.17, 15) is 9.90 Å². The highest BCUT2D eigenvalue weighted by Crippen LogP contribution is 2.38. The topological polar surface area (TPSA) is 110 Å². The Morgan fingerprint density at radius 1 is 1.22 bits per heavy atom. The van der Waals surface area contributed by atoms with Gasteiger partial charge in [0.25, 0.3) is 5.56 Å². The maximum Gasteiger partial charge on any atom is 0.278 e. The number of aromatic nitrogens is 5. The van der Waals surface area contributed by atoms with Crippen molar-refractivity contribution < 1.29 is 9.84 Å². The summed E-state index contributed by atoms with van der Waals surface area (Å²) in [6.07, 6.45) is 7.46. The third-order valence-electron chi connectivity index (χ3n) is 8.38. The van der Waals surface area contributed by atoms with Gasteiger partial charge >= 0.3 is 0 Å². The quantitative estimate of drug-likeness (QED) is 0.311. The van der Waals surface area contributed by atoms with Crippen LogP contribution in [0.15, 0.2) is 54.0 Å². The molecule has 2 N–H and O–H groups in total. The third-order valence-corrected chi connectivity index (χ3v) is 8.38. The molecule has 0 saturated carbocycles. The van der Waals surface area contributed by atoms with Gasteiger partial charge in [-0.25, -0.2) is 19.3 Å². The van der Waals surface area contributed by atoms with Crippen molar-refractivity contribution in [1.82, 2.24) is 29.2 Å². The first kappa shape index (κ1) is 27.2. The highest BCUT2D eigenvalue weighted by Gasteiger charge is 2.37. The smallest absolute Gasteiger partial charge is 0.278 e. The molecule has 0 unspecified atom stereocenters. The van der Waals surface area contributed by atoms with Gasteiger partial charge < -0.3 is 20.1 Å². The zero-order valence-corrected chi connectivity index (χ0v) is 23.9. The van der Waals surface area contributed by atoms with Gasteiger partial charge in [-0.2, -0.15) is 4.98 Å². The minimum atomic E-state index is -0.972. The summed E-state index contributed by atoms with van der Waals surface area (Å²) in [5.74, 6) is 1.76. The molecule has 1 aromatic carbocycles. The van der Waals surface area contributed by atoms with Gasteiger partial charge in [-0.15, -0.1) is 6.58 Å². The first-order valence-corrected chi connectivity index (χ1v) is 14.3. The number of likely N-dealkylation sites (tertiary alicyclic amines) is 1. The summed E-state index contributed by atoms with van der Waals surface area (Å²) in [6.45, 7) is 10.2. The van der Waals surface area contributed by atoms with Crippen molar-refractivity contribution in [3.05, 3.63) is 76.4 Å². The Hall–Kier alpha value is -4.02. The van der Waals surface area contributed by atoms with Gasteiger partial charge in [0, 0.05) is 25.0 Å². The number of anilines is 2. The van der Waals surface area contributed by atoms with E-state index in [-0.39, 0.29) is 18.2 Å². The molecule has 1 atom stereocenters. The number of hydrogen-bond acceptors (Lipinski definition) is 8. The summed E-state index contributed by atoms with van der Waals surface area (Å²) in [5.41, 5.74) is 2.77. The molecular weight excluding hydrogens is 518 g/mol. The molecule has 10 heteroatoms. The van der Waals surface area contributed by atoms with E-state index in [0.717, 1.165) is 54.9 Å². The number of nitrogens with one attached hydrogen (secondary N) is 1. The number of allylic oxidation sites excluding steroid dienone is 1. The number of piperidine rings is 1. The van der Waals surface area contributed by atoms with Gasteiger partial charge in [0.15, 0.2) is 11.5 Å². The highest BCUT2D eigenvalue weighted by atomic mass is 16.5. The molecule has 6 rings (SSSR count). The van der Waals surface area contributed by atoms with E-state index < -0.39 is 5.60 Å². The number of pyridine rings is 1. The zero-order chi connectivity index (χ0) is 28.7. The normalized spacial score (nSPS) is 19.4. The number of fused-ring (bicyclic) bond motifs is 2. The zero-order valence-electron chi connectivity index (χ0n) is 23.9. The molecule has 1 aliphatic carbocycles. The van der Waals surface area contributed by atoms with Gasteiger partial charge in [0.1, 0.15) is 22.8 Å². The molecule has 1 saturated heterocycles. The van der Waals surface area contributed by atoms with Crippen LogP contribution in [0.25, 0.3) is 16.9 Å². The highest BCUT2D eigenvalue weighted by molar-refractivity contribution is 5.77. The molecule has 0 spiro atoms. The van der Waals surface area contributed by atoms with Gasteiger partial charge in [0.2, 0.25) is 5.95 Å². The van der Waals surface area contributed by atoms with E-state index in [0.29, 0.717) is 41.3 Å². The number of aliphatic hydroxyl groups is 1. The monoisotopic (exact) mass is 555 g/mol. The standard InChI is InChI=1S/C31H37N7O3/c1-5-15-37-29(39)24-19-32-30(33-22-8-9-25(20(3)18-22)41-23-12-16-36(4)17-13-23)35-28(24)38(37)26-10-7-21-11-14-31(40,6-2)27(21)34-26/h5,7-10,18-19,23,40H,1,6,11-17H2,2-4H3,(H,32,33,35)/t31-/m1/s1. The lowest BCUT2D eigenvalue weighted by Gasteiger charge is -2.29. The summed E-state index contributed by atoms with van der Waals surface area (Å²) < 4.78 is 9.54. The van der Waals surface area contributed by atoms with Gasteiger partial charge in [-0.1, -0.05) is 19.1 Å².